The second-order valence-electron chi connectivity index (χ2n) is 4.23. The summed E-state index contributed by atoms with van der Waals surface area (Å²) in [5.74, 6) is 0.658. The summed E-state index contributed by atoms with van der Waals surface area (Å²) < 4.78 is 5.16. The molecule has 4 nitrogen and oxygen atoms in total. The van der Waals surface area contributed by atoms with Crippen LogP contribution in [0.25, 0.3) is 0 Å². The third kappa shape index (κ3) is 2.17. The zero-order valence-corrected chi connectivity index (χ0v) is 10.8. The fourth-order valence-electron chi connectivity index (χ4n) is 2.04. The van der Waals surface area contributed by atoms with Crippen LogP contribution < -0.4 is 10.1 Å². The van der Waals surface area contributed by atoms with Gasteiger partial charge in [-0.2, -0.15) is 0 Å². The Morgan fingerprint density at radius 3 is 2.76 bits per heavy atom. The number of amides is 2. The van der Waals surface area contributed by atoms with Gasteiger partial charge in [-0.3, -0.25) is 0 Å². The van der Waals surface area contributed by atoms with E-state index in [9.17, 15) is 4.79 Å². The van der Waals surface area contributed by atoms with Crippen molar-refractivity contribution in [3.63, 3.8) is 0 Å². The highest BCUT2D eigenvalue weighted by molar-refractivity contribution is 6.32. The molecular weight excluding hydrogens is 240 g/mol. The van der Waals surface area contributed by atoms with Gasteiger partial charge < -0.3 is 15.0 Å². The van der Waals surface area contributed by atoms with Crippen LogP contribution in [0.3, 0.4) is 0 Å². The van der Waals surface area contributed by atoms with Crippen molar-refractivity contribution in [1.29, 1.82) is 0 Å². The Hall–Kier alpha value is -1.42. The van der Waals surface area contributed by atoms with Gasteiger partial charge in [0.05, 0.1) is 18.2 Å². The summed E-state index contributed by atoms with van der Waals surface area (Å²) in [5, 5.41) is 3.48. The first-order chi connectivity index (χ1) is 8.02. The van der Waals surface area contributed by atoms with Crippen LogP contribution in [-0.4, -0.2) is 31.6 Å². The predicted molar refractivity (Wildman–Crippen MR) is 66.6 cm³/mol. The molecule has 1 aromatic carbocycles. The Bertz CT molecular complexity index is 462. The average Bonchev–Trinajstić information content (AvgIpc) is 2.61. The molecule has 1 unspecified atom stereocenters. The van der Waals surface area contributed by atoms with Gasteiger partial charge in [-0.1, -0.05) is 11.6 Å². The number of likely N-dealkylation sites (N-methyl/N-ethyl adjacent to an activating group) is 1. The molecule has 0 aliphatic carbocycles. The van der Waals surface area contributed by atoms with Gasteiger partial charge in [0.25, 0.3) is 0 Å². The number of aryl methyl sites for hydroxylation is 1. The summed E-state index contributed by atoms with van der Waals surface area (Å²) in [6, 6.07) is 3.69. The molecule has 1 fully saturated rings. The Morgan fingerprint density at radius 2 is 2.24 bits per heavy atom. The normalized spacial score (nSPS) is 19.4. The molecule has 17 heavy (non-hydrogen) atoms. The molecule has 1 aromatic rings. The largest absolute Gasteiger partial charge is 0.495 e. The maximum Gasteiger partial charge on any atom is 0.317 e. The first-order valence-corrected chi connectivity index (χ1v) is 5.76. The lowest BCUT2D eigenvalue weighted by molar-refractivity contribution is 0.226. The Labute approximate surface area is 106 Å². The molecule has 1 aliphatic heterocycles. The average molecular weight is 255 g/mol. The van der Waals surface area contributed by atoms with E-state index in [0.29, 0.717) is 17.3 Å². The van der Waals surface area contributed by atoms with E-state index in [-0.39, 0.29) is 12.1 Å². The highest BCUT2D eigenvalue weighted by Gasteiger charge is 2.28. The number of halogens is 1. The quantitative estimate of drug-likeness (QED) is 0.880. The first-order valence-electron chi connectivity index (χ1n) is 5.38. The van der Waals surface area contributed by atoms with E-state index in [1.54, 1.807) is 19.1 Å². The van der Waals surface area contributed by atoms with Crippen molar-refractivity contribution in [3.8, 4) is 5.75 Å². The van der Waals surface area contributed by atoms with Crippen LogP contribution in [0, 0.1) is 6.92 Å². The molecule has 1 saturated heterocycles. The van der Waals surface area contributed by atoms with Crippen LogP contribution in [0.1, 0.15) is 17.2 Å². The van der Waals surface area contributed by atoms with Crippen molar-refractivity contribution in [2.75, 3.05) is 20.7 Å². The zero-order valence-electron chi connectivity index (χ0n) is 10.1. The summed E-state index contributed by atoms with van der Waals surface area (Å²) in [6.07, 6.45) is 0. The molecular formula is C12H15ClN2O2. The molecule has 1 N–H and O–H groups in total. The molecule has 0 aromatic heterocycles. The highest BCUT2D eigenvalue weighted by atomic mass is 35.5. The molecule has 92 valence electrons. The molecule has 0 spiro atoms. The van der Waals surface area contributed by atoms with E-state index < -0.39 is 0 Å². The Kier molecular flexibility index (Phi) is 3.15. The standard InChI is InChI=1S/C12H15ClN2O2/c1-7-4-11(17-3)9(13)5-8(7)10-6-15(2)12(16)14-10/h4-5,10H,6H2,1-3H3,(H,14,16). The van der Waals surface area contributed by atoms with Gasteiger partial charge in [-0.25, -0.2) is 4.79 Å². The van der Waals surface area contributed by atoms with Crippen molar-refractivity contribution < 1.29 is 9.53 Å². The lowest BCUT2D eigenvalue weighted by Gasteiger charge is -2.15. The number of hydrogen-bond donors (Lipinski definition) is 1. The van der Waals surface area contributed by atoms with E-state index in [0.717, 1.165) is 11.1 Å². The van der Waals surface area contributed by atoms with Crippen molar-refractivity contribution in [2.24, 2.45) is 0 Å². The number of carbonyl (C=O) groups is 1. The molecule has 0 saturated carbocycles. The summed E-state index contributed by atoms with van der Waals surface area (Å²) in [4.78, 5) is 13.1. The number of hydrogen-bond acceptors (Lipinski definition) is 2. The predicted octanol–water partition coefficient (Wildman–Crippen LogP) is 2.35. The van der Waals surface area contributed by atoms with E-state index >= 15 is 0 Å². The van der Waals surface area contributed by atoms with Gasteiger partial charge in [0.15, 0.2) is 0 Å². The maximum absolute atomic E-state index is 11.4. The minimum absolute atomic E-state index is 0.00379. The highest BCUT2D eigenvalue weighted by Crippen LogP contribution is 2.32. The van der Waals surface area contributed by atoms with Crippen LogP contribution in [0.4, 0.5) is 4.79 Å². The Balaban J connectivity index is 2.34. The van der Waals surface area contributed by atoms with E-state index in [4.69, 9.17) is 16.3 Å². The molecule has 2 rings (SSSR count). The molecule has 0 bridgehead atoms. The fraction of sp³-hybridized carbons (Fsp3) is 0.417. The van der Waals surface area contributed by atoms with Crippen LogP contribution in [0.15, 0.2) is 12.1 Å². The van der Waals surface area contributed by atoms with Gasteiger partial charge in [0.1, 0.15) is 5.75 Å². The van der Waals surface area contributed by atoms with Crippen molar-refractivity contribution in [3.05, 3.63) is 28.3 Å². The van der Waals surface area contributed by atoms with E-state index in [1.165, 1.54) is 0 Å². The van der Waals surface area contributed by atoms with Crippen LogP contribution >= 0.6 is 11.6 Å². The summed E-state index contributed by atoms with van der Waals surface area (Å²) in [5.41, 5.74) is 2.10. The fourth-order valence-corrected chi connectivity index (χ4v) is 2.29. The number of rotatable bonds is 2. The Morgan fingerprint density at radius 1 is 1.53 bits per heavy atom. The molecule has 2 amide bonds. The second kappa shape index (κ2) is 4.45. The maximum atomic E-state index is 11.4. The van der Waals surface area contributed by atoms with Crippen LogP contribution in [0.5, 0.6) is 5.75 Å². The summed E-state index contributed by atoms with van der Waals surface area (Å²) in [6.45, 7) is 2.64. The van der Waals surface area contributed by atoms with Crippen molar-refractivity contribution in [1.82, 2.24) is 10.2 Å². The smallest absolute Gasteiger partial charge is 0.317 e. The lowest BCUT2D eigenvalue weighted by Crippen LogP contribution is -2.24. The van der Waals surface area contributed by atoms with E-state index in [1.807, 2.05) is 19.1 Å². The molecule has 5 heteroatoms. The topological polar surface area (TPSA) is 41.6 Å². The molecule has 1 aliphatic rings. The zero-order chi connectivity index (χ0) is 12.6. The number of ether oxygens (including phenoxy) is 1. The minimum Gasteiger partial charge on any atom is -0.495 e. The van der Waals surface area contributed by atoms with Crippen LogP contribution in [0.2, 0.25) is 5.02 Å². The SMILES string of the molecule is COc1cc(C)c(C2CN(C)C(=O)N2)cc1Cl. The van der Waals surface area contributed by atoms with Crippen molar-refractivity contribution in [2.45, 2.75) is 13.0 Å². The number of methoxy groups -OCH3 is 1. The first kappa shape index (κ1) is 12.0. The molecule has 1 atom stereocenters. The van der Waals surface area contributed by atoms with Gasteiger partial charge in [0.2, 0.25) is 0 Å². The molecule has 0 radical (unpaired) electrons. The molecule has 1 heterocycles. The number of urea groups is 1. The number of nitrogens with zero attached hydrogens (tertiary/aromatic N) is 1. The van der Waals surface area contributed by atoms with Gasteiger partial charge in [-0.05, 0) is 30.2 Å². The van der Waals surface area contributed by atoms with Gasteiger partial charge >= 0.3 is 6.03 Å². The summed E-state index contributed by atoms with van der Waals surface area (Å²) in [7, 11) is 3.36. The monoisotopic (exact) mass is 254 g/mol. The third-order valence-corrected chi connectivity index (χ3v) is 3.31. The van der Waals surface area contributed by atoms with Crippen molar-refractivity contribution >= 4 is 17.6 Å². The van der Waals surface area contributed by atoms with Gasteiger partial charge in [-0.15, -0.1) is 0 Å². The number of nitrogens with one attached hydrogen (secondary N) is 1. The van der Waals surface area contributed by atoms with E-state index in [2.05, 4.69) is 5.32 Å². The minimum atomic E-state index is -0.0543. The lowest BCUT2D eigenvalue weighted by atomic mass is 10.0. The second-order valence-corrected chi connectivity index (χ2v) is 4.63. The third-order valence-electron chi connectivity index (χ3n) is 3.02. The van der Waals surface area contributed by atoms with Crippen LogP contribution in [-0.2, 0) is 0 Å². The summed E-state index contributed by atoms with van der Waals surface area (Å²) >= 11 is 6.10. The van der Waals surface area contributed by atoms with Gasteiger partial charge in [0, 0.05) is 13.6 Å². The number of carbonyl (C=O) groups excluding carboxylic acids is 1. The number of benzene rings is 1.